The van der Waals surface area contributed by atoms with Crippen LogP contribution in [-0.4, -0.2) is 46.0 Å². The third-order valence-electron chi connectivity index (χ3n) is 7.46. The maximum Gasteiger partial charge on any atom is 0.446 e. The number of anilines is 2. The number of piperidine rings is 1. The van der Waals surface area contributed by atoms with E-state index in [1.807, 2.05) is 12.1 Å². The zero-order valence-electron chi connectivity index (χ0n) is 20.0. The smallest absolute Gasteiger partial charge is 0.371 e. The number of alkyl halides is 3. The molecule has 1 aromatic heterocycles. The summed E-state index contributed by atoms with van der Waals surface area (Å²) in [6.07, 6.45) is 6.48. The lowest BCUT2D eigenvalue weighted by Gasteiger charge is -2.29. The minimum Gasteiger partial charge on any atom is -0.371 e. The number of nitrogens with zero attached hydrogens (tertiary/aromatic N) is 4. The molecule has 6 nitrogen and oxygen atoms in total. The predicted molar refractivity (Wildman–Crippen MR) is 137 cm³/mol. The summed E-state index contributed by atoms with van der Waals surface area (Å²) in [5, 5.41) is 0.936. The molecule has 0 unspecified atom stereocenters. The highest BCUT2D eigenvalue weighted by atomic mass is 32.2. The highest BCUT2D eigenvalue weighted by Gasteiger charge is 2.65. The van der Waals surface area contributed by atoms with E-state index >= 15 is 0 Å². The van der Waals surface area contributed by atoms with Crippen LogP contribution in [0.4, 0.5) is 29.3 Å². The molecule has 0 bridgehead atoms. The molecule has 1 aliphatic carbocycles. The van der Waals surface area contributed by atoms with Crippen LogP contribution in [0.3, 0.4) is 0 Å². The van der Waals surface area contributed by atoms with Gasteiger partial charge in [-0.2, -0.15) is 13.2 Å². The normalized spacial score (nSPS) is 19.4. The minimum atomic E-state index is -4.41. The standard InChI is InChI=1S/C27H25F3N4O2S/c28-27(29,30)37-21-7-4-19(5-8-21)34-24(35)26(11-12-26)33(25(34)36)17-18-10-13-31-23-16-20(6-9-22(18)23)32-14-2-1-3-15-32/h4-10,13,16H,1-3,11-12,14-15,17H2. The number of carbonyl (C=O) groups excluding carboxylic acids is 2. The Bertz CT molecular complexity index is 1370. The van der Waals surface area contributed by atoms with Gasteiger partial charge in [0.25, 0.3) is 5.91 Å². The largest absolute Gasteiger partial charge is 0.446 e. The third-order valence-corrected chi connectivity index (χ3v) is 8.20. The van der Waals surface area contributed by atoms with Crippen molar-refractivity contribution in [1.82, 2.24) is 9.88 Å². The molecule has 3 fully saturated rings. The Morgan fingerprint density at radius 3 is 2.30 bits per heavy atom. The number of urea groups is 1. The topological polar surface area (TPSA) is 56.8 Å². The van der Waals surface area contributed by atoms with Gasteiger partial charge in [-0.25, -0.2) is 9.69 Å². The molecule has 3 aliphatic rings. The molecule has 3 amide bonds. The van der Waals surface area contributed by atoms with Gasteiger partial charge in [-0.3, -0.25) is 9.78 Å². The first-order valence-corrected chi connectivity index (χ1v) is 13.2. The number of hydrogen-bond donors (Lipinski definition) is 0. The van der Waals surface area contributed by atoms with Gasteiger partial charge in [0.15, 0.2) is 0 Å². The minimum absolute atomic E-state index is 0.000476. The molecule has 0 atom stereocenters. The van der Waals surface area contributed by atoms with Gasteiger partial charge in [-0.1, -0.05) is 6.07 Å². The van der Waals surface area contributed by atoms with Crippen LogP contribution >= 0.6 is 11.8 Å². The molecule has 0 N–H and O–H groups in total. The number of rotatable bonds is 5. The predicted octanol–water partition coefficient (Wildman–Crippen LogP) is 6.34. The Balaban J connectivity index is 1.27. The molecule has 10 heteroatoms. The molecule has 3 aromatic rings. The molecule has 192 valence electrons. The molecule has 1 spiro atoms. The van der Waals surface area contributed by atoms with E-state index in [2.05, 4.69) is 22.0 Å². The van der Waals surface area contributed by atoms with Crippen molar-refractivity contribution in [1.29, 1.82) is 0 Å². The summed E-state index contributed by atoms with van der Waals surface area (Å²) in [6, 6.07) is 13.0. The van der Waals surface area contributed by atoms with Crippen LogP contribution in [0.15, 0.2) is 59.6 Å². The zero-order chi connectivity index (χ0) is 25.8. The molecule has 2 saturated heterocycles. The number of amides is 3. The summed E-state index contributed by atoms with van der Waals surface area (Å²) in [6.45, 7) is 2.32. The van der Waals surface area contributed by atoms with Crippen LogP contribution in [0.5, 0.6) is 0 Å². The van der Waals surface area contributed by atoms with Gasteiger partial charge in [0.1, 0.15) is 5.54 Å². The highest BCUT2D eigenvalue weighted by molar-refractivity contribution is 8.00. The van der Waals surface area contributed by atoms with Crippen molar-refractivity contribution in [3.8, 4) is 0 Å². The summed E-state index contributed by atoms with van der Waals surface area (Å²) in [7, 11) is 0. The lowest BCUT2D eigenvalue weighted by Crippen LogP contribution is -2.36. The number of hydrogen-bond acceptors (Lipinski definition) is 5. The first kappa shape index (κ1) is 24.1. The maximum absolute atomic E-state index is 13.5. The van der Waals surface area contributed by atoms with Crippen molar-refractivity contribution in [3.05, 3.63) is 60.3 Å². The SMILES string of the molecule is O=C1N(c2ccc(SC(F)(F)F)cc2)C(=O)C2(CC2)N1Cc1ccnc2cc(N3CCCCC3)ccc12. The Kier molecular flexibility index (Phi) is 5.82. The fraction of sp³-hybridized carbons (Fsp3) is 0.370. The van der Waals surface area contributed by atoms with Gasteiger partial charge < -0.3 is 9.80 Å². The van der Waals surface area contributed by atoms with Crippen molar-refractivity contribution in [3.63, 3.8) is 0 Å². The average Bonchev–Trinajstić information content (AvgIpc) is 3.66. The molecular formula is C27H25F3N4O2S. The third kappa shape index (κ3) is 4.41. The maximum atomic E-state index is 13.5. The number of halogens is 3. The van der Waals surface area contributed by atoms with Crippen molar-refractivity contribution in [2.75, 3.05) is 22.9 Å². The molecular weight excluding hydrogens is 501 g/mol. The van der Waals surface area contributed by atoms with Crippen molar-refractivity contribution >= 4 is 46.0 Å². The Hall–Kier alpha value is -3.27. The van der Waals surface area contributed by atoms with Gasteiger partial charge in [-0.05, 0) is 91.9 Å². The van der Waals surface area contributed by atoms with E-state index in [9.17, 15) is 22.8 Å². The fourth-order valence-electron chi connectivity index (χ4n) is 5.41. The van der Waals surface area contributed by atoms with E-state index in [0.29, 0.717) is 12.8 Å². The highest BCUT2D eigenvalue weighted by Crippen LogP contribution is 2.50. The second kappa shape index (κ2) is 8.93. The lowest BCUT2D eigenvalue weighted by atomic mass is 10.1. The Labute approximate surface area is 216 Å². The summed E-state index contributed by atoms with van der Waals surface area (Å²) in [4.78, 5) is 36.5. The number of imide groups is 1. The lowest BCUT2D eigenvalue weighted by molar-refractivity contribution is -0.120. The number of aromatic nitrogens is 1. The van der Waals surface area contributed by atoms with Gasteiger partial charge in [0, 0.05) is 41.8 Å². The Morgan fingerprint density at radius 1 is 0.919 bits per heavy atom. The second-order valence-electron chi connectivity index (χ2n) is 9.80. The number of carbonyl (C=O) groups is 2. The van der Waals surface area contributed by atoms with Crippen LogP contribution in [0, 0.1) is 0 Å². The molecule has 3 heterocycles. The zero-order valence-corrected chi connectivity index (χ0v) is 20.8. The number of benzene rings is 2. The van der Waals surface area contributed by atoms with E-state index < -0.39 is 17.1 Å². The number of thioether (sulfide) groups is 1. The van der Waals surface area contributed by atoms with Gasteiger partial charge in [-0.15, -0.1) is 0 Å². The monoisotopic (exact) mass is 526 g/mol. The van der Waals surface area contributed by atoms with Gasteiger partial charge in [0.2, 0.25) is 0 Å². The van der Waals surface area contributed by atoms with Crippen molar-refractivity contribution in [2.45, 2.75) is 54.6 Å². The molecule has 2 aliphatic heterocycles. The van der Waals surface area contributed by atoms with Gasteiger partial charge >= 0.3 is 11.5 Å². The van der Waals surface area contributed by atoms with Crippen molar-refractivity contribution < 1.29 is 22.8 Å². The van der Waals surface area contributed by atoms with E-state index in [0.717, 1.165) is 40.1 Å². The average molecular weight is 527 g/mol. The number of pyridine rings is 1. The fourth-order valence-corrected chi connectivity index (χ4v) is 5.95. The Morgan fingerprint density at radius 2 is 1.62 bits per heavy atom. The van der Waals surface area contributed by atoms with E-state index in [1.54, 1.807) is 11.1 Å². The van der Waals surface area contributed by atoms with Crippen LogP contribution in [-0.2, 0) is 11.3 Å². The van der Waals surface area contributed by atoms with Crippen LogP contribution in [0.25, 0.3) is 10.9 Å². The molecule has 6 rings (SSSR count). The van der Waals surface area contributed by atoms with Crippen LogP contribution < -0.4 is 9.80 Å². The first-order valence-electron chi connectivity index (χ1n) is 12.4. The summed E-state index contributed by atoms with van der Waals surface area (Å²) in [5.74, 6) is -0.320. The quantitative estimate of drug-likeness (QED) is 0.287. The van der Waals surface area contributed by atoms with E-state index in [4.69, 9.17) is 0 Å². The molecule has 0 radical (unpaired) electrons. The summed E-state index contributed by atoms with van der Waals surface area (Å²) < 4.78 is 38.1. The molecule has 2 aromatic carbocycles. The summed E-state index contributed by atoms with van der Waals surface area (Å²) in [5.41, 5.74) is -2.13. The van der Waals surface area contributed by atoms with Crippen LogP contribution in [0.1, 0.15) is 37.7 Å². The van der Waals surface area contributed by atoms with E-state index in [1.165, 1.54) is 43.5 Å². The second-order valence-corrected chi connectivity index (χ2v) is 10.9. The summed E-state index contributed by atoms with van der Waals surface area (Å²) >= 11 is -0.229. The van der Waals surface area contributed by atoms with Gasteiger partial charge in [0.05, 0.1) is 11.2 Å². The van der Waals surface area contributed by atoms with E-state index in [-0.39, 0.29) is 34.8 Å². The molecule has 1 saturated carbocycles. The van der Waals surface area contributed by atoms with Crippen molar-refractivity contribution in [2.24, 2.45) is 0 Å². The number of fused-ring (bicyclic) bond motifs is 1. The first-order chi connectivity index (χ1) is 17.7. The molecule has 37 heavy (non-hydrogen) atoms. The van der Waals surface area contributed by atoms with Crippen LogP contribution in [0.2, 0.25) is 0 Å².